The highest BCUT2D eigenvalue weighted by atomic mass is 16.5. The Labute approximate surface area is 109 Å². The van der Waals surface area contributed by atoms with Crippen molar-refractivity contribution in [1.82, 2.24) is 14.7 Å². The van der Waals surface area contributed by atoms with E-state index in [4.69, 9.17) is 4.74 Å². The number of rotatable bonds is 3. The van der Waals surface area contributed by atoms with E-state index in [1.54, 1.807) is 0 Å². The first-order valence-electron chi connectivity index (χ1n) is 6.67. The van der Waals surface area contributed by atoms with Gasteiger partial charge in [-0.1, -0.05) is 6.92 Å². The number of aliphatic hydroxyl groups is 2. The molecule has 0 aromatic rings. The molecule has 2 saturated heterocycles. The highest BCUT2D eigenvalue weighted by Gasteiger charge is 2.49. The Morgan fingerprint density at radius 2 is 1.94 bits per heavy atom. The second-order valence-corrected chi connectivity index (χ2v) is 5.25. The third kappa shape index (κ3) is 2.29. The van der Waals surface area contributed by atoms with Crippen LogP contribution in [0.2, 0.25) is 0 Å². The summed E-state index contributed by atoms with van der Waals surface area (Å²) in [5, 5.41) is 21.0. The summed E-state index contributed by atoms with van der Waals surface area (Å²) in [6, 6.07) is -0.0713. The van der Waals surface area contributed by atoms with Gasteiger partial charge in [0, 0.05) is 26.1 Å². The zero-order valence-corrected chi connectivity index (χ0v) is 11.5. The van der Waals surface area contributed by atoms with Crippen molar-refractivity contribution >= 4 is 0 Å². The maximum absolute atomic E-state index is 10.6. The van der Waals surface area contributed by atoms with Crippen molar-refractivity contribution in [3.05, 3.63) is 0 Å². The molecule has 2 heterocycles. The summed E-state index contributed by atoms with van der Waals surface area (Å²) in [5.74, 6) is -0.946. The van der Waals surface area contributed by atoms with E-state index in [2.05, 4.69) is 0 Å². The van der Waals surface area contributed by atoms with Crippen molar-refractivity contribution in [2.75, 3.05) is 46.9 Å². The van der Waals surface area contributed by atoms with Gasteiger partial charge in [-0.05, 0) is 14.1 Å². The van der Waals surface area contributed by atoms with Crippen LogP contribution in [0.4, 0.5) is 0 Å². The molecule has 0 bridgehead atoms. The molecule has 3 atom stereocenters. The van der Waals surface area contributed by atoms with Crippen LogP contribution in [0.3, 0.4) is 0 Å². The highest BCUT2D eigenvalue weighted by molar-refractivity contribution is 4.94. The van der Waals surface area contributed by atoms with E-state index in [0.29, 0.717) is 26.2 Å². The lowest BCUT2D eigenvalue weighted by Gasteiger charge is -2.39. The summed E-state index contributed by atoms with van der Waals surface area (Å²) in [7, 11) is 3.77. The van der Waals surface area contributed by atoms with Crippen LogP contribution in [0, 0.1) is 0 Å². The van der Waals surface area contributed by atoms with E-state index in [0.717, 1.165) is 13.1 Å². The maximum atomic E-state index is 10.6. The zero-order valence-electron chi connectivity index (χ0n) is 11.5. The Morgan fingerprint density at radius 3 is 2.44 bits per heavy atom. The Bertz CT molecular complexity index is 286. The van der Waals surface area contributed by atoms with E-state index in [1.807, 2.05) is 35.7 Å². The summed E-state index contributed by atoms with van der Waals surface area (Å²) < 4.78 is 5.30. The predicted octanol–water partition coefficient (Wildman–Crippen LogP) is -1.06. The summed E-state index contributed by atoms with van der Waals surface area (Å²) in [6.45, 7) is 5.46. The lowest BCUT2D eigenvalue weighted by molar-refractivity contribution is -0.177. The van der Waals surface area contributed by atoms with Crippen molar-refractivity contribution in [2.45, 2.75) is 31.5 Å². The van der Waals surface area contributed by atoms with Gasteiger partial charge in [0.1, 0.15) is 6.23 Å². The fourth-order valence-corrected chi connectivity index (χ4v) is 2.98. The number of likely N-dealkylation sites (N-methyl/N-ethyl adjacent to an activating group) is 2. The molecule has 0 spiro atoms. The molecule has 0 aromatic carbocycles. The lowest BCUT2D eigenvalue weighted by Crippen LogP contribution is -2.56. The van der Waals surface area contributed by atoms with Crippen LogP contribution in [0.15, 0.2) is 0 Å². The highest BCUT2D eigenvalue weighted by Crippen LogP contribution is 2.30. The number of morpholine rings is 1. The molecular weight excluding hydrogens is 234 g/mol. The van der Waals surface area contributed by atoms with Gasteiger partial charge in [0.05, 0.1) is 19.3 Å². The van der Waals surface area contributed by atoms with E-state index in [9.17, 15) is 10.2 Å². The first-order valence-corrected chi connectivity index (χ1v) is 6.67. The number of aliphatic hydroxyl groups excluding tert-OH is 1. The molecule has 106 valence electrons. The standard InChI is InChI=1S/C12H25N3O3/c1-4-12(17)13(2)9-10(14(12)3)11(16)15-5-7-18-8-6-15/h10-11,16-17H,4-9H2,1-3H3. The fraction of sp³-hybridized carbons (Fsp3) is 1.00. The van der Waals surface area contributed by atoms with Gasteiger partial charge in [0.15, 0.2) is 5.85 Å². The number of hydrogen-bond acceptors (Lipinski definition) is 6. The molecule has 0 saturated carbocycles. The number of hydrogen-bond donors (Lipinski definition) is 2. The molecule has 0 aliphatic carbocycles. The Hall–Kier alpha value is -0.240. The molecule has 2 rings (SSSR count). The quantitative estimate of drug-likeness (QED) is 0.674. The molecule has 0 aromatic heterocycles. The van der Waals surface area contributed by atoms with Crippen LogP contribution in [0.1, 0.15) is 13.3 Å². The van der Waals surface area contributed by atoms with Gasteiger partial charge in [-0.2, -0.15) is 0 Å². The van der Waals surface area contributed by atoms with E-state index in [-0.39, 0.29) is 6.04 Å². The topological polar surface area (TPSA) is 59.4 Å². The molecule has 18 heavy (non-hydrogen) atoms. The van der Waals surface area contributed by atoms with Crippen molar-refractivity contribution in [1.29, 1.82) is 0 Å². The van der Waals surface area contributed by atoms with Crippen LogP contribution in [0.25, 0.3) is 0 Å². The van der Waals surface area contributed by atoms with Crippen LogP contribution >= 0.6 is 0 Å². The zero-order chi connectivity index (χ0) is 13.3. The molecule has 2 fully saturated rings. The van der Waals surface area contributed by atoms with Gasteiger partial charge in [-0.25, -0.2) is 0 Å². The molecule has 0 radical (unpaired) electrons. The molecule has 2 N–H and O–H groups in total. The van der Waals surface area contributed by atoms with E-state index in [1.165, 1.54) is 0 Å². The minimum atomic E-state index is -0.946. The average molecular weight is 259 g/mol. The largest absolute Gasteiger partial charge is 0.379 e. The second-order valence-electron chi connectivity index (χ2n) is 5.25. The summed E-state index contributed by atoms with van der Waals surface area (Å²) in [5.41, 5.74) is 0. The Balaban J connectivity index is 2.05. The van der Waals surface area contributed by atoms with Gasteiger partial charge in [0.2, 0.25) is 0 Å². The molecular formula is C12H25N3O3. The first kappa shape index (κ1) is 14.2. The number of ether oxygens (including phenoxy) is 1. The van der Waals surface area contributed by atoms with Crippen LogP contribution in [-0.2, 0) is 4.74 Å². The normalized spacial score (nSPS) is 38.2. The summed E-state index contributed by atoms with van der Waals surface area (Å²) >= 11 is 0. The summed E-state index contributed by atoms with van der Waals surface area (Å²) in [6.07, 6.45) is 0.0636. The predicted molar refractivity (Wildman–Crippen MR) is 67.8 cm³/mol. The average Bonchev–Trinajstić information content (AvgIpc) is 2.64. The Morgan fingerprint density at radius 1 is 1.33 bits per heavy atom. The Kier molecular flexibility index (Phi) is 4.25. The van der Waals surface area contributed by atoms with Crippen LogP contribution in [0.5, 0.6) is 0 Å². The minimum Gasteiger partial charge on any atom is -0.379 e. The molecule has 0 amide bonds. The van der Waals surface area contributed by atoms with Crippen LogP contribution < -0.4 is 0 Å². The second kappa shape index (κ2) is 5.40. The van der Waals surface area contributed by atoms with Crippen LogP contribution in [-0.4, -0.2) is 90.0 Å². The minimum absolute atomic E-state index is 0.0713. The van der Waals surface area contributed by atoms with Gasteiger partial charge in [0.25, 0.3) is 0 Å². The molecule has 3 unspecified atom stereocenters. The molecule has 2 aliphatic heterocycles. The fourth-order valence-electron chi connectivity index (χ4n) is 2.98. The van der Waals surface area contributed by atoms with Crippen molar-refractivity contribution in [3.63, 3.8) is 0 Å². The van der Waals surface area contributed by atoms with Gasteiger partial charge < -0.3 is 14.9 Å². The maximum Gasteiger partial charge on any atom is 0.176 e. The monoisotopic (exact) mass is 259 g/mol. The summed E-state index contributed by atoms with van der Waals surface area (Å²) in [4.78, 5) is 5.81. The molecule has 6 nitrogen and oxygen atoms in total. The lowest BCUT2D eigenvalue weighted by atomic mass is 10.2. The van der Waals surface area contributed by atoms with Crippen molar-refractivity contribution in [3.8, 4) is 0 Å². The van der Waals surface area contributed by atoms with E-state index < -0.39 is 12.1 Å². The van der Waals surface area contributed by atoms with Gasteiger partial charge in [-0.3, -0.25) is 14.7 Å². The van der Waals surface area contributed by atoms with Gasteiger partial charge in [-0.15, -0.1) is 0 Å². The molecule has 6 heteroatoms. The molecule has 2 aliphatic rings. The third-order valence-corrected chi connectivity index (χ3v) is 4.37. The van der Waals surface area contributed by atoms with Gasteiger partial charge >= 0.3 is 0 Å². The number of nitrogens with zero attached hydrogens (tertiary/aromatic N) is 3. The SMILES string of the molecule is CCC1(O)N(C)CC(C(O)N2CCOCC2)N1C. The smallest absolute Gasteiger partial charge is 0.176 e. The first-order chi connectivity index (χ1) is 8.50. The third-order valence-electron chi connectivity index (χ3n) is 4.37. The van der Waals surface area contributed by atoms with Crippen molar-refractivity contribution < 1.29 is 14.9 Å². The van der Waals surface area contributed by atoms with Crippen molar-refractivity contribution in [2.24, 2.45) is 0 Å². The van der Waals surface area contributed by atoms with E-state index >= 15 is 0 Å².